The normalized spacial score (nSPS) is 28.3. The predicted molar refractivity (Wildman–Crippen MR) is 85.2 cm³/mol. The first-order valence-electron chi connectivity index (χ1n) is 8.33. The highest BCUT2D eigenvalue weighted by atomic mass is 15.3. The Morgan fingerprint density at radius 2 is 1.71 bits per heavy atom. The molecular formula is C16H27N5. The van der Waals surface area contributed by atoms with Gasteiger partial charge in [-0.1, -0.05) is 19.3 Å². The number of rotatable bonds is 3. The SMILES string of the molecule is NC1CCCCCC1CN1CCN(c2ncccn2)CC1. The van der Waals surface area contributed by atoms with Gasteiger partial charge < -0.3 is 10.6 Å². The van der Waals surface area contributed by atoms with Crippen LogP contribution in [0, 0.1) is 5.92 Å². The van der Waals surface area contributed by atoms with E-state index in [0.717, 1.165) is 32.1 Å². The molecule has 1 saturated heterocycles. The molecule has 3 rings (SSSR count). The number of anilines is 1. The van der Waals surface area contributed by atoms with Crippen molar-refractivity contribution >= 4 is 5.95 Å². The van der Waals surface area contributed by atoms with Crippen LogP contribution in [0.25, 0.3) is 0 Å². The standard InChI is InChI=1S/C16H27N5/c17-15-6-3-1-2-5-14(15)13-20-9-11-21(12-10-20)16-18-7-4-8-19-16/h4,7-8,14-15H,1-3,5-6,9-13,17H2. The molecule has 1 aliphatic carbocycles. The molecule has 116 valence electrons. The van der Waals surface area contributed by atoms with Crippen molar-refractivity contribution < 1.29 is 0 Å². The summed E-state index contributed by atoms with van der Waals surface area (Å²) < 4.78 is 0. The average molecular weight is 289 g/mol. The maximum absolute atomic E-state index is 6.36. The van der Waals surface area contributed by atoms with Gasteiger partial charge in [-0.3, -0.25) is 4.90 Å². The second-order valence-electron chi connectivity index (χ2n) is 6.40. The molecule has 0 spiro atoms. The van der Waals surface area contributed by atoms with Gasteiger partial charge in [-0.25, -0.2) is 9.97 Å². The summed E-state index contributed by atoms with van der Waals surface area (Å²) in [5.74, 6) is 1.55. The summed E-state index contributed by atoms with van der Waals surface area (Å²) in [6.07, 6.45) is 10.2. The number of piperazine rings is 1. The van der Waals surface area contributed by atoms with Crippen LogP contribution in [0.5, 0.6) is 0 Å². The first-order chi connectivity index (χ1) is 10.3. The van der Waals surface area contributed by atoms with Gasteiger partial charge in [0.1, 0.15) is 0 Å². The van der Waals surface area contributed by atoms with Crippen LogP contribution in [0.2, 0.25) is 0 Å². The van der Waals surface area contributed by atoms with Crippen molar-refractivity contribution in [2.24, 2.45) is 11.7 Å². The van der Waals surface area contributed by atoms with E-state index in [1.54, 1.807) is 0 Å². The summed E-state index contributed by atoms with van der Waals surface area (Å²) in [7, 11) is 0. The highest BCUT2D eigenvalue weighted by Gasteiger charge is 2.25. The fraction of sp³-hybridized carbons (Fsp3) is 0.750. The van der Waals surface area contributed by atoms with Gasteiger partial charge in [-0.15, -0.1) is 0 Å². The summed E-state index contributed by atoms with van der Waals surface area (Å²) in [4.78, 5) is 13.5. The molecular weight excluding hydrogens is 262 g/mol. The van der Waals surface area contributed by atoms with E-state index in [9.17, 15) is 0 Å². The molecule has 1 aliphatic heterocycles. The lowest BCUT2D eigenvalue weighted by molar-refractivity contribution is 0.196. The van der Waals surface area contributed by atoms with Gasteiger partial charge in [0.25, 0.3) is 0 Å². The average Bonchev–Trinajstić information content (AvgIpc) is 2.74. The minimum Gasteiger partial charge on any atom is -0.338 e. The Labute approximate surface area is 127 Å². The molecule has 0 radical (unpaired) electrons. The van der Waals surface area contributed by atoms with Crippen LogP contribution >= 0.6 is 0 Å². The highest BCUT2D eigenvalue weighted by Crippen LogP contribution is 2.23. The lowest BCUT2D eigenvalue weighted by atomic mass is 9.94. The van der Waals surface area contributed by atoms with Crippen molar-refractivity contribution in [1.82, 2.24) is 14.9 Å². The Bertz CT molecular complexity index is 416. The first kappa shape index (κ1) is 14.7. The zero-order valence-corrected chi connectivity index (χ0v) is 12.8. The molecule has 2 fully saturated rings. The second-order valence-corrected chi connectivity index (χ2v) is 6.40. The molecule has 5 nitrogen and oxygen atoms in total. The Balaban J connectivity index is 1.49. The summed E-state index contributed by atoms with van der Waals surface area (Å²) >= 11 is 0. The number of nitrogens with zero attached hydrogens (tertiary/aromatic N) is 4. The van der Waals surface area contributed by atoms with Gasteiger partial charge >= 0.3 is 0 Å². The number of aromatic nitrogens is 2. The quantitative estimate of drug-likeness (QED) is 0.855. The van der Waals surface area contributed by atoms with Crippen LogP contribution in [0.1, 0.15) is 32.1 Å². The van der Waals surface area contributed by atoms with E-state index in [-0.39, 0.29) is 0 Å². The molecule has 2 heterocycles. The summed E-state index contributed by atoms with van der Waals surface area (Å²) in [5.41, 5.74) is 6.36. The summed E-state index contributed by atoms with van der Waals surface area (Å²) in [6.45, 7) is 5.41. The molecule has 0 bridgehead atoms. The van der Waals surface area contributed by atoms with Gasteiger partial charge in [0.05, 0.1) is 0 Å². The largest absolute Gasteiger partial charge is 0.338 e. The Morgan fingerprint density at radius 1 is 1.00 bits per heavy atom. The predicted octanol–water partition coefficient (Wildman–Crippen LogP) is 1.51. The van der Waals surface area contributed by atoms with Crippen LogP contribution in [-0.4, -0.2) is 53.6 Å². The minimum atomic E-state index is 0.406. The fourth-order valence-electron chi connectivity index (χ4n) is 3.56. The lowest BCUT2D eigenvalue weighted by Crippen LogP contribution is -2.50. The third kappa shape index (κ3) is 3.92. The van der Waals surface area contributed by atoms with Crippen LogP contribution in [0.4, 0.5) is 5.95 Å². The number of hydrogen-bond donors (Lipinski definition) is 1. The zero-order chi connectivity index (χ0) is 14.5. The number of nitrogens with two attached hydrogens (primary N) is 1. The van der Waals surface area contributed by atoms with E-state index >= 15 is 0 Å². The van der Waals surface area contributed by atoms with Crippen LogP contribution in [0.3, 0.4) is 0 Å². The third-order valence-electron chi connectivity index (χ3n) is 4.92. The maximum Gasteiger partial charge on any atom is 0.225 e. The van der Waals surface area contributed by atoms with E-state index in [1.165, 1.54) is 38.6 Å². The van der Waals surface area contributed by atoms with Crippen molar-refractivity contribution in [3.8, 4) is 0 Å². The molecule has 21 heavy (non-hydrogen) atoms. The topological polar surface area (TPSA) is 58.3 Å². The highest BCUT2D eigenvalue weighted by molar-refractivity contribution is 5.29. The van der Waals surface area contributed by atoms with Crippen molar-refractivity contribution in [1.29, 1.82) is 0 Å². The van der Waals surface area contributed by atoms with E-state index in [0.29, 0.717) is 12.0 Å². The van der Waals surface area contributed by atoms with E-state index in [2.05, 4.69) is 19.8 Å². The molecule has 2 aliphatic rings. The Kier molecular flexibility index (Phi) is 5.04. The zero-order valence-electron chi connectivity index (χ0n) is 12.8. The summed E-state index contributed by atoms with van der Waals surface area (Å²) in [5, 5.41) is 0. The first-order valence-corrected chi connectivity index (χ1v) is 8.33. The van der Waals surface area contributed by atoms with Crippen LogP contribution in [-0.2, 0) is 0 Å². The molecule has 0 aromatic carbocycles. The monoisotopic (exact) mass is 289 g/mol. The van der Waals surface area contributed by atoms with Crippen molar-refractivity contribution in [3.05, 3.63) is 18.5 Å². The Morgan fingerprint density at radius 3 is 2.48 bits per heavy atom. The van der Waals surface area contributed by atoms with Gasteiger partial charge in [0, 0.05) is 51.2 Å². The molecule has 1 aromatic rings. The molecule has 1 aromatic heterocycles. The summed E-state index contributed by atoms with van der Waals surface area (Å²) in [6, 6.07) is 2.27. The van der Waals surface area contributed by atoms with Crippen LogP contribution < -0.4 is 10.6 Å². The van der Waals surface area contributed by atoms with Gasteiger partial charge in [-0.05, 0) is 24.8 Å². The van der Waals surface area contributed by atoms with E-state index in [1.807, 2.05) is 18.5 Å². The van der Waals surface area contributed by atoms with Crippen molar-refractivity contribution in [3.63, 3.8) is 0 Å². The molecule has 2 atom stereocenters. The molecule has 2 N–H and O–H groups in total. The third-order valence-corrected chi connectivity index (χ3v) is 4.92. The van der Waals surface area contributed by atoms with Crippen LogP contribution in [0.15, 0.2) is 18.5 Å². The maximum atomic E-state index is 6.36. The second kappa shape index (κ2) is 7.18. The van der Waals surface area contributed by atoms with Crippen molar-refractivity contribution in [2.45, 2.75) is 38.1 Å². The van der Waals surface area contributed by atoms with Crippen molar-refractivity contribution in [2.75, 3.05) is 37.6 Å². The lowest BCUT2D eigenvalue weighted by Gasteiger charge is -2.37. The minimum absolute atomic E-state index is 0.406. The molecule has 5 heteroatoms. The fourth-order valence-corrected chi connectivity index (χ4v) is 3.56. The van der Waals surface area contributed by atoms with Gasteiger partial charge in [0.15, 0.2) is 0 Å². The van der Waals surface area contributed by atoms with Gasteiger partial charge in [-0.2, -0.15) is 0 Å². The Hall–Kier alpha value is -1.20. The van der Waals surface area contributed by atoms with Gasteiger partial charge in [0.2, 0.25) is 5.95 Å². The van der Waals surface area contributed by atoms with E-state index < -0.39 is 0 Å². The smallest absolute Gasteiger partial charge is 0.225 e. The molecule has 2 unspecified atom stereocenters. The molecule has 1 saturated carbocycles. The molecule has 0 amide bonds. The number of hydrogen-bond acceptors (Lipinski definition) is 5. The van der Waals surface area contributed by atoms with E-state index in [4.69, 9.17) is 5.73 Å².